The molecule has 3 heteroatoms. The lowest BCUT2D eigenvalue weighted by atomic mass is 10.6. The summed E-state index contributed by atoms with van der Waals surface area (Å²) in [5.74, 6) is 0.167. The number of carbonyl (C=O) groups is 2. The van der Waals surface area contributed by atoms with Gasteiger partial charge in [0.1, 0.15) is 11.9 Å². The molecule has 0 unspecified atom stereocenters. The molecule has 44 valence electrons. The molecule has 0 saturated carbocycles. The van der Waals surface area contributed by atoms with Gasteiger partial charge in [0, 0.05) is 0 Å². The van der Waals surface area contributed by atoms with Crippen LogP contribution >= 0.6 is 0 Å². The summed E-state index contributed by atoms with van der Waals surface area (Å²) in [4.78, 5) is 18.3. The molecule has 0 heterocycles. The van der Waals surface area contributed by atoms with Gasteiger partial charge in [0.15, 0.2) is 0 Å². The summed E-state index contributed by atoms with van der Waals surface area (Å²) in [5, 5.41) is 7.26. The molecule has 0 aliphatic rings. The minimum Gasteiger partial charge on any atom is -0.300 e. The van der Waals surface area contributed by atoms with Crippen molar-refractivity contribution in [2.45, 2.75) is 13.8 Å². The van der Waals surface area contributed by atoms with E-state index in [1.54, 1.807) is 0 Å². The lowest BCUT2D eigenvalue weighted by Crippen LogP contribution is -1.69. The molecular formula is C5H7NO2. The van der Waals surface area contributed by atoms with Crippen LogP contribution in [0.2, 0.25) is 0 Å². The van der Waals surface area contributed by atoms with Crippen molar-refractivity contribution in [2.75, 3.05) is 0 Å². The molecule has 0 fully saturated rings. The average Bonchev–Trinajstić information content (AvgIpc) is 1.65. The van der Waals surface area contributed by atoms with Gasteiger partial charge >= 0.3 is 0 Å². The number of Topliss-reactive ketones (excluding diaryl/α,β-unsaturated/α-hetero) is 1. The third-order valence-electron chi connectivity index (χ3n) is 0.0527. The van der Waals surface area contributed by atoms with Gasteiger partial charge in [-0.05, 0) is 13.8 Å². The van der Waals surface area contributed by atoms with Gasteiger partial charge in [-0.15, -0.1) is 0 Å². The monoisotopic (exact) mass is 113 g/mol. The molecule has 0 atom stereocenters. The maximum absolute atomic E-state index is 9.44. The van der Waals surface area contributed by atoms with Gasteiger partial charge in [-0.1, -0.05) is 0 Å². The molecule has 0 amide bonds. The molecule has 0 spiro atoms. The van der Waals surface area contributed by atoms with E-state index in [-0.39, 0.29) is 12.1 Å². The fourth-order valence-corrected chi connectivity index (χ4v) is 0. The van der Waals surface area contributed by atoms with Crippen LogP contribution in [0, 0.1) is 11.3 Å². The van der Waals surface area contributed by atoms with Crippen LogP contribution in [0.3, 0.4) is 0 Å². The third kappa shape index (κ3) is 2450. The molecule has 0 aromatic heterocycles. The van der Waals surface area contributed by atoms with E-state index in [9.17, 15) is 4.79 Å². The summed E-state index contributed by atoms with van der Waals surface area (Å²) < 4.78 is 0. The first-order valence-electron chi connectivity index (χ1n) is 1.95. The number of nitrogens with zero attached hydrogens (tertiary/aromatic N) is 1. The van der Waals surface area contributed by atoms with E-state index in [0.29, 0.717) is 0 Å². The predicted octanol–water partition coefficient (Wildman–Crippen LogP) is 0.304. The zero-order valence-corrected chi connectivity index (χ0v) is 4.84. The normalized spacial score (nSPS) is 5.12. The second-order valence-electron chi connectivity index (χ2n) is 1.16. The van der Waals surface area contributed by atoms with Crippen molar-refractivity contribution in [3.8, 4) is 6.07 Å². The average molecular weight is 113 g/mol. The summed E-state index contributed by atoms with van der Waals surface area (Å²) >= 11 is 0. The Labute approximate surface area is 47.9 Å². The van der Waals surface area contributed by atoms with E-state index < -0.39 is 0 Å². The molecule has 0 aliphatic carbocycles. The van der Waals surface area contributed by atoms with Crippen LogP contribution in [-0.2, 0) is 9.59 Å². The number of nitriles is 1. The smallest absolute Gasteiger partial charge is 0.219 e. The highest BCUT2D eigenvalue weighted by molar-refractivity contribution is 5.72. The molecule has 3 nitrogen and oxygen atoms in total. The topological polar surface area (TPSA) is 57.9 Å². The number of hydrogen-bond donors (Lipinski definition) is 0. The number of ketones is 1. The predicted molar refractivity (Wildman–Crippen MR) is 28.0 cm³/mol. The minimum atomic E-state index is 0.167. The SMILES string of the molecule is CC(C)=O.N#CC=O. The zero-order valence-electron chi connectivity index (χ0n) is 4.84. The maximum Gasteiger partial charge on any atom is 0.219 e. The molecule has 0 bridgehead atoms. The van der Waals surface area contributed by atoms with Crippen LogP contribution in [-0.4, -0.2) is 12.1 Å². The Hall–Kier alpha value is -1.17. The van der Waals surface area contributed by atoms with Crippen molar-refractivity contribution < 1.29 is 9.59 Å². The fraction of sp³-hybridized carbons (Fsp3) is 0.400. The highest BCUT2D eigenvalue weighted by Crippen LogP contribution is 1.50. The first kappa shape index (κ1) is 9.95. The second kappa shape index (κ2) is 9.27. The second-order valence-corrected chi connectivity index (χ2v) is 1.16. The summed E-state index contributed by atoms with van der Waals surface area (Å²) in [5.41, 5.74) is 0. The Bertz CT molecular complexity index is 108. The summed E-state index contributed by atoms with van der Waals surface area (Å²) in [6.45, 7) is 3.06. The molecule has 0 rings (SSSR count). The van der Waals surface area contributed by atoms with Gasteiger partial charge in [-0.2, -0.15) is 5.26 Å². The van der Waals surface area contributed by atoms with E-state index in [0.717, 1.165) is 0 Å². The van der Waals surface area contributed by atoms with Crippen molar-refractivity contribution in [3.05, 3.63) is 0 Å². The molecular weight excluding hydrogens is 106 g/mol. The van der Waals surface area contributed by atoms with Gasteiger partial charge in [0.05, 0.1) is 0 Å². The van der Waals surface area contributed by atoms with Gasteiger partial charge in [0.25, 0.3) is 0 Å². The lowest BCUT2D eigenvalue weighted by molar-refractivity contribution is -0.115. The lowest BCUT2D eigenvalue weighted by Gasteiger charge is -1.56. The zero-order chi connectivity index (χ0) is 6.99. The van der Waals surface area contributed by atoms with Gasteiger partial charge in [0.2, 0.25) is 6.29 Å². The van der Waals surface area contributed by atoms with Crippen molar-refractivity contribution in [1.29, 1.82) is 5.26 Å². The summed E-state index contributed by atoms with van der Waals surface area (Å²) in [7, 11) is 0. The molecule has 0 N–H and O–H groups in total. The molecule has 0 aromatic rings. The largest absolute Gasteiger partial charge is 0.300 e. The van der Waals surface area contributed by atoms with Crippen LogP contribution in [0.5, 0.6) is 0 Å². The first-order valence-corrected chi connectivity index (χ1v) is 1.95. The number of rotatable bonds is 0. The van der Waals surface area contributed by atoms with Crippen LogP contribution < -0.4 is 0 Å². The Kier molecular flexibility index (Phi) is 11.5. The first-order chi connectivity index (χ1) is 3.65. The van der Waals surface area contributed by atoms with E-state index in [2.05, 4.69) is 0 Å². The Balaban J connectivity index is 0. The van der Waals surface area contributed by atoms with Gasteiger partial charge in [-0.3, -0.25) is 4.79 Å². The van der Waals surface area contributed by atoms with Crippen molar-refractivity contribution in [2.24, 2.45) is 0 Å². The van der Waals surface area contributed by atoms with Gasteiger partial charge in [-0.25, -0.2) is 0 Å². The highest BCUT2D eigenvalue weighted by Gasteiger charge is 1.62. The number of hydrogen-bond acceptors (Lipinski definition) is 3. The van der Waals surface area contributed by atoms with Gasteiger partial charge < -0.3 is 4.79 Å². The van der Waals surface area contributed by atoms with Crippen LogP contribution in [0.25, 0.3) is 0 Å². The third-order valence-corrected chi connectivity index (χ3v) is 0.0527. The van der Waals surface area contributed by atoms with E-state index in [1.807, 2.05) is 0 Å². The summed E-state index contributed by atoms with van der Waals surface area (Å²) in [6, 6.07) is 1.25. The molecule has 0 saturated heterocycles. The molecule has 0 radical (unpaired) electrons. The van der Waals surface area contributed by atoms with Crippen LogP contribution in [0.4, 0.5) is 0 Å². The Morgan fingerprint density at radius 1 is 1.62 bits per heavy atom. The van der Waals surface area contributed by atoms with Crippen molar-refractivity contribution in [1.82, 2.24) is 0 Å². The number of carbonyl (C=O) groups excluding carboxylic acids is 2. The van der Waals surface area contributed by atoms with Crippen molar-refractivity contribution in [3.63, 3.8) is 0 Å². The molecule has 0 aromatic carbocycles. The fourth-order valence-electron chi connectivity index (χ4n) is 0. The standard InChI is InChI=1S/C3H6O.C2HNO/c1-3(2)4;3-1-2-4/h1-2H3;2H. The van der Waals surface area contributed by atoms with E-state index in [4.69, 9.17) is 10.1 Å². The Morgan fingerprint density at radius 3 is 1.75 bits per heavy atom. The Morgan fingerprint density at radius 2 is 1.75 bits per heavy atom. The molecule has 8 heavy (non-hydrogen) atoms. The highest BCUT2D eigenvalue weighted by atomic mass is 16.1. The van der Waals surface area contributed by atoms with E-state index in [1.165, 1.54) is 19.9 Å². The van der Waals surface area contributed by atoms with Crippen LogP contribution in [0.1, 0.15) is 13.8 Å². The number of aldehydes is 1. The van der Waals surface area contributed by atoms with Crippen LogP contribution in [0.15, 0.2) is 0 Å². The van der Waals surface area contributed by atoms with E-state index >= 15 is 0 Å². The minimum absolute atomic E-state index is 0.167. The molecule has 0 aliphatic heterocycles. The summed E-state index contributed by atoms with van der Waals surface area (Å²) in [6.07, 6.45) is 0.181. The van der Waals surface area contributed by atoms with Crippen molar-refractivity contribution >= 4 is 12.1 Å². The maximum atomic E-state index is 9.44. The quantitative estimate of drug-likeness (QED) is 0.335.